The van der Waals surface area contributed by atoms with Crippen molar-refractivity contribution in [3.63, 3.8) is 0 Å². The van der Waals surface area contributed by atoms with Crippen molar-refractivity contribution in [2.24, 2.45) is 0 Å². The zero-order valence-corrected chi connectivity index (χ0v) is 16.8. The highest BCUT2D eigenvalue weighted by Crippen LogP contribution is 2.24. The molecule has 0 aliphatic heterocycles. The number of nitrogens with zero attached hydrogens (tertiary/aromatic N) is 2. The quantitative estimate of drug-likeness (QED) is 0.640. The topological polar surface area (TPSA) is 62.3 Å². The van der Waals surface area contributed by atoms with Crippen LogP contribution in [0, 0.1) is 0 Å². The minimum atomic E-state index is -0.749. The number of nitrogens with one attached hydrogen (secondary N) is 1. The molecule has 29 heavy (non-hydrogen) atoms. The molecule has 0 saturated carbocycles. The summed E-state index contributed by atoms with van der Waals surface area (Å²) in [7, 11) is 0. The number of hydrogen-bond donors (Lipinski definition) is 1. The fraction of sp³-hybridized carbons (Fsp3) is 0.174. The average molecular weight is 408 g/mol. The van der Waals surface area contributed by atoms with E-state index in [-0.39, 0.29) is 11.8 Å². The molecular formula is C23H22ClN3O2. The zero-order valence-electron chi connectivity index (χ0n) is 16.1. The minimum absolute atomic E-state index is 0.190. The fourth-order valence-corrected chi connectivity index (χ4v) is 3.19. The van der Waals surface area contributed by atoms with Gasteiger partial charge >= 0.3 is 0 Å². The summed E-state index contributed by atoms with van der Waals surface area (Å²) in [6, 6.07) is 19.5. The van der Waals surface area contributed by atoms with Crippen LogP contribution in [-0.4, -0.2) is 21.7 Å². The highest BCUT2D eigenvalue weighted by Gasteiger charge is 2.29. The van der Waals surface area contributed by atoms with Crippen LogP contribution in [0.4, 0.5) is 0 Å². The van der Waals surface area contributed by atoms with Crippen molar-refractivity contribution in [2.45, 2.75) is 26.1 Å². The molecule has 6 heteroatoms. The van der Waals surface area contributed by atoms with E-state index in [1.165, 1.54) is 6.92 Å². The van der Waals surface area contributed by atoms with Crippen molar-refractivity contribution in [1.29, 1.82) is 0 Å². The molecular weight excluding hydrogens is 386 g/mol. The number of halogens is 1. The van der Waals surface area contributed by atoms with Crippen molar-refractivity contribution in [3.8, 4) is 0 Å². The SMILES string of the molecule is CC(=O)N(Cc1ccc(Cl)cc1)[C@@H](C(=O)NCc1cccnc1)c1ccccc1. The Morgan fingerprint density at radius 3 is 2.34 bits per heavy atom. The number of aromatic nitrogens is 1. The summed E-state index contributed by atoms with van der Waals surface area (Å²) in [6.45, 7) is 2.11. The molecule has 0 bridgehead atoms. The van der Waals surface area contributed by atoms with Gasteiger partial charge in [-0.25, -0.2) is 0 Å². The maximum Gasteiger partial charge on any atom is 0.247 e. The summed E-state index contributed by atoms with van der Waals surface area (Å²) in [5.41, 5.74) is 2.53. The maximum atomic E-state index is 13.2. The highest BCUT2D eigenvalue weighted by atomic mass is 35.5. The van der Waals surface area contributed by atoms with Crippen LogP contribution in [0.3, 0.4) is 0 Å². The molecule has 0 unspecified atom stereocenters. The lowest BCUT2D eigenvalue weighted by Crippen LogP contribution is -2.42. The Bertz CT molecular complexity index is 947. The molecule has 3 aromatic rings. The van der Waals surface area contributed by atoms with Crippen LogP contribution in [0.15, 0.2) is 79.1 Å². The first-order valence-corrected chi connectivity index (χ1v) is 9.65. The molecule has 2 amide bonds. The van der Waals surface area contributed by atoms with Crippen LogP contribution in [0.5, 0.6) is 0 Å². The van der Waals surface area contributed by atoms with Gasteiger partial charge in [0.05, 0.1) is 0 Å². The van der Waals surface area contributed by atoms with Gasteiger partial charge in [0.1, 0.15) is 6.04 Å². The summed E-state index contributed by atoms with van der Waals surface area (Å²) >= 11 is 5.97. The van der Waals surface area contributed by atoms with Crippen LogP contribution in [0.1, 0.15) is 29.7 Å². The van der Waals surface area contributed by atoms with Crippen molar-refractivity contribution < 1.29 is 9.59 Å². The summed E-state index contributed by atoms with van der Waals surface area (Å²) < 4.78 is 0. The molecule has 0 radical (unpaired) electrons. The Balaban J connectivity index is 1.86. The molecule has 0 fully saturated rings. The van der Waals surface area contributed by atoms with Gasteiger partial charge in [0.2, 0.25) is 11.8 Å². The number of carbonyl (C=O) groups excluding carboxylic acids is 2. The Hall–Kier alpha value is -3.18. The standard InChI is InChI=1S/C23H22ClN3O2/c1-17(28)27(16-18-9-11-21(24)12-10-18)22(20-7-3-2-4-8-20)23(29)26-15-19-6-5-13-25-14-19/h2-14,22H,15-16H2,1H3,(H,26,29)/t22-/m1/s1. The molecule has 0 saturated heterocycles. The van der Waals surface area contributed by atoms with E-state index in [0.29, 0.717) is 18.1 Å². The van der Waals surface area contributed by atoms with Gasteiger partial charge < -0.3 is 10.2 Å². The Kier molecular flexibility index (Phi) is 6.98. The monoisotopic (exact) mass is 407 g/mol. The van der Waals surface area contributed by atoms with E-state index < -0.39 is 6.04 Å². The predicted octanol–water partition coefficient (Wildman–Crippen LogP) is 4.14. The molecule has 3 rings (SSSR count). The lowest BCUT2D eigenvalue weighted by Gasteiger charge is -2.30. The van der Waals surface area contributed by atoms with Gasteiger partial charge in [0.25, 0.3) is 0 Å². The number of carbonyl (C=O) groups is 2. The van der Waals surface area contributed by atoms with Gasteiger partial charge in [-0.05, 0) is 34.9 Å². The van der Waals surface area contributed by atoms with Gasteiger partial charge in [-0.3, -0.25) is 14.6 Å². The number of rotatable bonds is 7. The molecule has 1 N–H and O–H groups in total. The van der Waals surface area contributed by atoms with Crippen LogP contribution < -0.4 is 5.32 Å². The van der Waals surface area contributed by atoms with Gasteiger partial charge in [-0.15, -0.1) is 0 Å². The van der Waals surface area contributed by atoms with E-state index in [4.69, 9.17) is 11.6 Å². The minimum Gasteiger partial charge on any atom is -0.350 e. The molecule has 0 aliphatic rings. The molecule has 0 spiro atoms. The normalized spacial score (nSPS) is 11.5. The predicted molar refractivity (Wildman–Crippen MR) is 113 cm³/mol. The number of amides is 2. The van der Waals surface area contributed by atoms with Gasteiger partial charge in [-0.2, -0.15) is 0 Å². The van der Waals surface area contributed by atoms with Gasteiger partial charge in [-0.1, -0.05) is 60.1 Å². The van der Waals surface area contributed by atoms with Gasteiger partial charge in [0.15, 0.2) is 0 Å². The highest BCUT2D eigenvalue weighted by molar-refractivity contribution is 6.30. The van der Waals surface area contributed by atoms with Crippen LogP contribution >= 0.6 is 11.6 Å². The molecule has 1 aromatic heterocycles. The molecule has 1 atom stereocenters. The lowest BCUT2D eigenvalue weighted by molar-refractivity contribution is -0.140. The van der Waals surface area contributed by atoms with E-state index in [0.717, 1.165) is 16.7 Å². The first-order chi connectivity index (χ1) is 14.0. The van der Waals surface area contributed by atoms with E-state index in [1.807, 2.05) is 54.6 Å². The second kappa shape index (κ2) is 9.85. The van der Waals surface area contributed by atoms with E-state index in [1.54, 1.807) is 29.4 Å². The molecule has 1 heterocycles. The lowest BCUT2D eigenvalue weighted by atomic mass is 10.0. The summed E-state index contributed by atoms with van der Waals surface area (Å²) in [5.74, 6) is -0.436. The van der Waals surface area contributed by atoms with E-state index in [2.05, 4.69) is 10.3 Å². The summed E-state index contributed by atoms with van der Waals surface area (Å²) in [4.78, 5) is 31.3. The van der Waals surface area contributed by atoms with E-state index in [9.17, 15) is 9.59 Å². The van der Waals surface area contributed by atoms with Crippen molar-refractivity contribution in [1.82, 2.24) is 15.2 Å². The van der Waals surface area contributed by atoms with Gasteiger partial charge in [0, 0.05) is 37.4 Å². The number of pyridine rings is 1. The smallest absolute Gasteiger partial charge is 0.247 e. The Morgan fingerprint density at radius 2 is 1.72 bits per heavy atom. The summed E-state index contributed by atoms with van der Waals surface area (Å²) in [6.07, 6.45) is 3.38. The van der Waals surface area contributed by atoms with Crippen LogP contribution in [0.2, 0.25) is 5.02 Å². The second-order valence-electron chi connectivity index (χ2n) is 6.67. The molecule has 2 aromatic carbocycles. The molecule has 0 aliphatic carbocycles. The largest absolute Gasteiger partial charge is 0.350 e. The van der Waals surface area contributed by atoms with E-state index >= 15 is 0 Å². The van der Waals surface area contributed by atoms with Crippen LogP contribution in [-0.2, 0) is 22.7 Å². The second-order valence-corrected chi connectivity index (χ2v) is 7.10. The summed E-state index contributed by atoms with van der Waals surface area (Å²) in [5, 5.41) is 3.56. The molecule has 148 valence electrons. The van der Waals surface area contributed by atoms with Crippen LogP contribution in [0.25, 0.3) is 0 Å². The third kappa shape index (κ3) is 5.65. The van der Waals surface area contributed by atoms with Crippen molar-refractivity contribution >= 4 is 23.4 Å². The number of hydrogen-bond acceptors (Lipinski definition) is 3. The fourth-order valence-electron chi connectivity index (χ4n) is 3.07. The maximum absolute atomic E-state index is 13.2. The third-order valence-corrected chi connectivity index (χ3v) is 4.79. The third-order valence-electron chi connectivity index (χ3n) is 4.54. The van der Waals surface area contributed by atoms with Crippen molar-refractivity contribution in [2.75, 3.05) is 0 Å². The molecule has 5 nitrogen and oxygen atoms in total. The van der Waals surface area contributed by atoms with Crippen molar-refractivity contribution in [3.05, 3.63) is 101 Å². The average Bonchev–Trinajstić information content (AvgIpc) is 2.74. The zero-order chi connectivity index (χ0) is 20.6. The first-order valence-electron chi connectivity index (χ1n) is 9.28. The Labute approximate surface area is 175 Å². The number of benzene rings is 2. The first kappa shape index (κ1) is 20.6. The Morgan fingerprint density at radius 1 is 1.00 bits per heavy atom.